The van der Waals surface area contributed by atoms with Crippen molar-refractivity contribution in [3.63, 3.8) is 0 Å². The molecule has 0 saturated carbocycles. The van der Waals surface area contributed by atoms with Crippen LogP contribution in [0, 0.1) is 5.41 Å². The summed E-state index contributed by atoms with van der Waals surface area (Å²) in [7, 11) is 0. The number of carbonyl (C=O) groups excluding carboxylic acids is 2. The fourth-order valence-corrected chi connectivity index (χ4v) is 4.84. The van der Waals surface area contributed by atoms with Gasteiger partial charge in [0.1, 0.15) is 5.84 Å². The Morgan fingerprint density at radius 2 is 1.92 bits per heavy atom. The van der Waals surface area contributed by atoms with Crippen molar-refractivity contribution in [3.8, 4) is 0 Å². The van der Waals surface area contributed by atoms with Crippen LogP contribution in [0.4, 0.5) is 11.4 Å². The second kappa shape index (κ2) is 11.4. The van der Waals surface area contributed by atoms with Crippen LogP contribution in [-0.2, 0) is 22.6 Å². The summed E-state index contributed by atoms with van der Waals surface area (Å²) in [4.78, 5) is 30.4. The van der Waals surface area contributed by atoms with E-state index < -0.39 is 6.23 Å². The third-order valence-electron chi connectivity index (χ3n) is 6.72. The monoisotopic (exact) mass is 492 g/mol. The first kappa shape index (κ1) is 25.5. The van der Waals surface area contributed by atoms with Crippen LogP contribution < -0.4 is 21.3 Å². The average Bonchev–Trinajstić information content (AvgIpc) is 3.22. The summed E-state index contributed by atoms with van der Waals surface area (Å²) >= 11 is 0. The molecule has 36 heavy (non-hydrogen) atoms. The number of ether oxygens (including phenoxy) is 1. The quantitative estimate of drug-likeness (QED) is 0.299. The Kier molecular flexibility index (Phi) is 8.10. The molecule has 2 aliphatic rings. The molecule has 2 amide bonds. The normalized spacial score (nSPS) is 16.0. The topological polar surface area (TPSA) is 124 Å². The number of nitrogen functional groups attached to an aromatic ring is 1. The maximum Gasteiger partial charge on any atom is 0.270 e. The summed E-state index contributed by atoms with van der Waals surface area (Å²) in [5, 5.41) is 13.9. The van der Waals surface area contributed by atoms with Gasteiger partial charge in [-0.15, -0.1) is 0 Å². The standard InChI is InChI=1S/C27H36N6O3/c1-3-30-23-14-18(24(28)29)8-9-19(23)16-31-25(34)27(36-4-2)33-17-20-10-11-21(15-22(20)26(33)35)32-12-6-5-7-13-32/h8-11,14-15,27,30H,3-7,12-13,16-17H2,1-2H3,(H3,28,29)(H,31,34). The Balaban J connectivity index is 1.47. The van der Waals surface area contributed by atoms with Gasteiger partial charge in [-0.1, -0.05) is 18.2 Å². The number of carbonyl (C=O) groups is 2. The number of fused-ring (bicyclic) bond motifs is 1. The molecular formula is C27H36N6O3. The van der Waals surface area contributed by atoms with E-state index in [1.165, 1.54) is 11.3 Å². The van der Waals surface area contributed by atoms with Crippen LogP contribution in [0.1, 0.15) is 60.2 Å². The Labute approximate surface area is 212 Å². The highest BCUT2D eigenvalue weighted by molar-refractivity contribution is 6.01. The van der Waals surface area contributed by atoms with Gasteiger partial charge in [0.15, 0.2) is 0 Å². The Morgan fingerprint density at radius 3 is 2.61 bits per heavy atom. The molecular weight excluding hydrogens is 456 g/mol. The molecule has 1 atom stereocenters. The first-order valence-electron chi connectivity index (χ1n) is 12.7. The van der Waals surface area contributed by atoms with Gasteiger partial charge in [0.25, 0.3) is 11.8 Å². The molecule has 9 nitrogen and oxygen atoms in total. The lowest BCUT2D eigenvalue weighted by atomic mass is 10.1. The van der Waals surface area contributed by atoms with Crippen LogP contribution in [0.3, 0.4) is 0 Å². The SMILES string of the molecule is CCNc1cc(C(=N)N)ccc1CNC(=O)C(OCC)N1Cc2ccc(N3CCCCC3)cc2C1=O. The van der Waals surface area contributed by atoms with E-state index in [0.29, 0.717) is 30.8 Å². The van der Waals surface area contributed by atoms with E-state index in [0.717, 1.165) is 48.4 Å². The van der Waals surface area contributed by atoms with Gasteiger partial charge in [0.2, 0.25) is 6.23 Å². The molecule has 0 aliphatic carbocycles. The van der Waals surface area contributed by atoms with E-state index in [2.05, 4.69) is 21.6 Å². The first-order valence-corrected chi connectivity index (χ1v) is 12.7. The van der Waals surface area contributed by atoms with Gasteiger partial charge in [-0.25, -0.2) is 0 Å². The number of piperidine rings is 1. The zero-order chi connectivity index (χ0) is 25.7. The van der Waals surface area contributed by atoms with Gasteiger partial charge in [-0.05, 0) is 62.4 Å². The molecule has 1 saturated heterocycles. The second-order valence-electron chi connectivity index (χ2n) is 9.16. The molecule has 1 unspecified atom stereocenters. The number of benzene rings is 2. The number of rotatable bonds is 10. The van der Waals surface area contributed by atoms with Gasteiger partial charge < -0.3 is 30.9 Å². The third-order valence-corrected chi connectivity index (χ3v) is 6.72. The lowest BCUT2D eigenvalue weighted by Crippen LogP contribution is -2.48. The van der Waals surface area contributed by atoms with Crippen molar-refractivity contribution in [1.29, 1.82) is 5.41 Å². The molecule has 1 fully saturated rings. The molecule has 2 aromatic rings. The van der Waals surface area contributed by atoms with Gasteiger partial charge in [-0.3, -0.25) is 15.0 Å². The number of amides is 2. The Morgan fingerprint density at radius 1 is 1.14 bits per heavy atom. The molecule has 2 heterocycles. The van der Waals surface area contributed by atoms with Crippen molar-refractivity contribution < 1.29 is 14.3 Å². The van der Waals surface area contributed by atoms with Crippen molar-refractivity contribution >= 4 is 29.0 Å². The predicted molar refractivity (Wildman–Crippen MR) is 141 cm³/mol. The van der Waals surface area contributed by atoms with Crippen molar-refractivity contribution in [2.24, 2.45) is 5.73 Å². The maximum absolute atomic E-state index is 13.4. The molecule has 2 aliphatic heterocycles. The number of hydrogen-bond donors (Lipinski definition) is 4. The largest absolute Gasteiger partial charge is 0.385 e. The van der Waals surface area contributed by atoms with E-state index in [1.54, 1.807) is 12.1 Å². The van der Waals surface area contributed by atoms with E-state index in [9.17, 15) is 9.59 Å². The molecule has 2 aromatic carbocycles. The number of hydrogen-bond acceptors (Lipinski definition) is 6. The van der Waals surface area contributed by atoms with Gasteiger partial charge in [0, 0.05) is 61.8 Å². The lowest BCUT2D eigenvalue weighted by molar-refractivity contribution is -0.143. The minimum Gasteiger partial charge on any atom is -0.385 e. The molecule has 0 radical (unpaired) electrons. The summed E-state index contributed by atoms with van der Waals surface area (Å²) in [6.07, 6.45) is 2.55. The van der Waals surface area contributed by atoms with Crippen molar-refractivity contribution in [2.75, 3.05) is 36.5 Å². The first-order chi connectivity index (χ1) is 17.4. The van der Waals surface area contributed by atoms with Crippen LogP contribution in [0.25, 0.3) is 0 Å². The number of nitrogens with zero attached hydrogens (tertiary/aromatic N) is 2. The van der Waals surface area contributed by atoms with E-state index in [-0.39, 0.29) is 24.2 Å². The fraction of sp³-hybridized carbons (Fsp3) is 0.444. The minimum atomic E-state index is -1.02. The summed E-state index contributed by atoms with van der Waals surface area (Å²) in [5.41, 5.74) is 10.5. The van der Waals surface area contributed by atoms with E-state index in [1.807, 2.05) is 32.0 Å². The molecule has 0 bridgehead atoms. The summed E-state index contributed by atoms with van der Waals surface area (Å²) in [6.45, 7) is 7.36. The predicted octanol–water partition coefficient (Wildman–Crippen LogP) is 3.03. The number of amidine groups is 1. The van der Waals surface area contributed by atoms with Gasteiger partial charge in [-0.2, -0.15) is 0 Å². The maximum atomic E-state index is 13.4. The van der Waals surface area contributed by atoms with Gasteiger partial charge >= 0.3 is 0 Å². The van der Waals surface area contributed by atoms with Crippen molar-refractivity contribution in [3.05, 3.63) is 58.7 Å². The Hall–Kier alpha value is -3.59. The lowest BCUT2D eigenvalue weighted by Gasteiger charge is -2.29. The summed E-state index contributed by atoms with van der Waals surface area (Å²) < 4.78 is 5.77. The zero-order valence-corrected chi connectivity index (χ0v) is 21.1. The minimum absolute atomic E-state index is 0.0169. The van der Waals surface area contributed by atoms with Crippen LogP contribution in [0.2, 0.25) is 0 Å². The van der Waals surface area contributed by atoms with Crippen LogP contribution >= 0.6 is 0 Å². The van der Waals surface area contributed by atoms with Crippen molar-refractivity contribution in [2.45, 2.75) is 52.4 Å². The van der Waals surface area contributed by atoms with Crippen molar-refractivity contribution in [1.82, 2.24) is 10.2 Å². The molecule has 9 heteroatoms. The highest BCUT2D eigenvalue weighted by Crippen LogP contribution is 2.30. The van der Waals surface area contributed by atoms with Crippen LogP contribution in [0.15, 0.2) is 36.4 Å². The summed E-state index contributed by atoms with van der Waals surface area (Å²) in [6, 6.07) is 11.4. The van der Waals surface area contributed by atoms with Crippen LogP contribution in [0.5, 0.6) is 0 Å². The van der Waals surface area contributed by atoms with Gasteiger partial charge in [0.05, 0.1) is 0 Å². The molecule has 4 rings (SSSR count). The number of anilines is 2. The Bertz CT molecular complexity index is 1130. The fourth-order valence-electron chi connectivity index (χ4n) is 4.84. The molecule has 0 spiro atoms. The zero-order valence-electron chi connectivity index (χ0n) is 21.1. The second-order valence-corrected chi connectivity index (χ2v) is 9.16. The number of nitrogens with two attached hydrogens (primary N) is 1. The summed E-state index contributed by atoms with van der Waals surface area (Å²) in [5.74, 6) is -0.569. The average molecular weight is 493 g/mol. The molecule has 0 aromatic heterocycles. The molecule has 5 N–H and O–H groups in total. The highest BCUT2D eigenvalue weighted by atomic mass is 16.5. The molecule has 192 valence electrons. The number of nitrogens with one attached hydrogen (secondary N) is 3. The van der Waals surface area contributed by atoms with E-state index >= 15 is 0 Å². The third kappa shape index (κ3) is 5.46. The highest BCUT2D eigenvalue weighted by Gasteiger charge is 2.37. The van der Waals surface area contributed by atoms with Crippen LogP contribution in [-0.4, -0.2) is 55.0 Å². The smallest absolute Gasteiger partial charge is 0.270 e. The van der Waals surface area contributed by atoms with E-state index in [4.69, 9.17) is 15.9 Å².